The van der Waals surface area contributed by atoms with E-state index in [0.29, 0.717) is 0 Å². The maximum absolute atomic E-state index is 13.4. The highest BCUT2D eigenvalue weighted by Crippen LogP contribution is 2.14. The molecule has 0 spiro atoms. The van der Waals surface area contributed by atoms with Gasteiger partial charge in [0.2, 0.25) is 11.8 Å². The van der Waals surface area contributed by atoms with E-state index < -0.39 is 89.4 Å². The van der Waals surface area contributed by atoms with Crippen LogP contribution in [0, 0.1) is 0 Å². The first-order valence-corrected chi connectivity index (χ1v) is 13.7. The molecule has 0 radical (unpaired) electrons. The number of hydrogen-bond acceptors (Lipinski definition) is 10. The lowest BCUT2D eigenvalue weighted by Gasteiger charge is -2.28. The molecule has 0 fully saturated rings. The number of amides is 4. The van der Waals surface area contributed by atoms with Gasteiger partial charge >= 0.3 is 24.1 Å². The van der Waals surface area contributed by atoms with Crippen LogP contribution in [-0.4, -0.2) is 83.0 Å². The van der Waals surface area contributed by atoms with Gasteiger partial charge in [0.25, 0.3) is 0 Å². The second kappa shape index (κ2) is 15.1. The first-order chi connectivity index (χ1) is 18.7. The van der Waals surface area contributed by atoms with Crippen LogP contribution in [0.2, 0.25) is 0 Å². The van der Waals surface area contributed by atoms with Crippen molar-refractivity contribution in [3.05, 3.63) is 0 Å². The number of esters is 2. The molecule has 14 nitrogen and oxygen atoms in total. The molecule has 0 aromatic carbocycles. The van der Waals surface area contributed by atoms with Crippen LogP contribution in [0.25, 0.3) is 0 Å². The van der Waals surface area contributed by atoms with Gasteiger partial charge in [-0.15, -0.1) is 0 Å². The molecule has 4 N–H and O–H groups in total. The predicted octanol–water partition coefficient (Wildman–Crippen LogP) is 2.47. The minimum Gasteiger partial charge on any atom is -0.460 e. The van der Waals surface area contributed by atoms with E-state index in [1.165, 1.54) is 6.92 Å². The van der Waals surface area contributed by atoms with E-state index >= 15 is 0 Å². The van der Waals surface area contributed by atoms with Gasteiger partial charge < -0.3 is 40.2 Å². The molecule has 4 amide bonds. The molecule has 42 heavy (non-hydrogen) atoms. The highest BCUT2D eigenvalue weighted by Gasteiger charge is 2.34. The van der Waals surface area contributed by atoms with Crippen LogP contribution in [0.15, 0.2) is 0 Å². The molecule has 0 saturated carbocycles. The fourth-order valence-electron chi connectivity index (χ4n) is 2.94. The minimum absolute atomic E-state index is 0.459. The number of ether oxygens (including phenoxy) is 4. The van der Waals surface area contributed by atoms with E-state index in [4.69, 9.17) is 18.9 Å². The third kappa shape index (κ3) is 18.7. The normalized spacial score (nSPS) is 14.3. The van der Waals surface area contributed by atoms with E-state index in [-0.39, 0.29) is 0 Å². The number of hydrogen-bond donors (Lipinski definition) is 4. The van der Waals surface area contributed by atoms with Crippen molar-refractivity contribution in [3.63, 3.8) is 0 Å². The van der Waals surface area contributed by atoms with E-state index in [1.807, 2.05) is 0 Å². The molecule has 242 valence electrons. The largest absolute Gasteiger partial charge is 0.460 e. The highest BCUT2D eigenvalue weighted by molar-refractivity contribution is 5.94. The fourth-order valence-corrected chi connectivity index (χ4v) is 2.94. The van der Waals surface area contributed by atoms with Crippen LogP contribution in [0.1, 0.15) is 96.4 Å². The quantitative estimate of drug-likeness (QED) is 0.214. The van der Waals surface area contributed by atoms with Crippen molar-refractivity contribution in [2.45, 2.75) is 137 Å². The Morgan fingerprint density at radius 1 is 0.548 bits per heavy atom. The number of carbonyl (C=O) groups is 6. The Bertz CT molecular complexity index is 985. The van der Waals surface area contributed by atoms with Crippen molar-refractivity contribution in [1.82, 2.24) is 21.3 Å². The molecule has 0 aromatic heterocycles. The lowest BCUT2D eigenvalue weighted by molar-refractivity contribution is -0.165. The Kier molecular flexibility index (Phi) is 13.8. The Morgan fingerprint density at radius 2 is 0.976 bits per heavy atom. The molecule has 0 bridgehead atoms. The second-order valence-electron chi connectivity index (χ2n) is 13.7. The minimum atomic E-state index is -1.48. The summed E-state index contributed by atoms with van der Waals surface area (Å²) in [5, 5.41) is 9.59. The topological polar surface area (TPSA) is 187 Å². The lowest BCUT2D eigenvalue weighted by Crippen LogP contribution is -2.59. The average molecular weight is 603 g/mol. The number of rotatable bonds is 10. The summed E-state index contributed by atoms with van der Waals surface area (Å²) in [5.74, 6) is -3.41. The van der Waals surface area contributed by atoms with Crippen LogP contribution in [0.4, 0.5) is 9.59 Å². The van der Waals surface area contributed by atoms with Gasteiger partial charge in [-0.2, -0.15) is 0 Å². The van der Waals surface area contributed by atoms with Gasteiger partial charge in [0.15, 0.2) is 0 Å². The van der Waals surface area contributed by atoms with Crippen LogP contribution >= 0.6 is 0 Å². The zero-order valence-electron chi connectivity index (χ0n) is 27.2. The van der Waals surface area contributed by atoms with Crippen molar-refractivity contribution in [2.75, 3.05) is 6.54 Å². The SMILES string of the molecule is C[C@H](NC(=O)OC(C)(C)C)C(=O)N[C@@H](CNC(=O)OC(C)(C)C)C(=O)N[C@@H](CC(=O)OC(C)(C)C)C(=O)OC(C)(C)C. The van der Waals surface area contributed by atoms with E-state index in [1.54, 1.807) is 83.1 Å². The molecule has 0 unspecified atom stereocenters. The third-order valence-electron chi connectivity index (χ3n) is 4.41. The monoisotopic (exact) mass is 602 g/mol. The molecule has 0 aliphatic heterocycles. The Labute approximate surface area is 248 Å². The molecular weight excluding hydrogens is 552 g/mol. The number of carbonyl (C=O) groups excluding carboxylic acids is 6. The van der Waals surface area contributed by atoms with E-state index in [9.17, 15) is 28.8 Å². The van der Waals surface area contributed by atoms with Crippen molar-refractivity contribution < 1.29 is 47.7 Å². The first-order valence-electron chi connectivity index (χ1n) is 13.7. The molecule has 0 aliphatic carbocycles. The zero-order valence-corrected chi connectivity index (χ0v) is 27.2. The summed E-state index contributed by atoms with van der Waals surface area (Å²) in [7, 11) is 0. The summed E-state index contributed by atoms with van der Waals surface area (Å²) in [6.07, 6.45) is -2.29. The Hall–Kier alpha value is -3.58. The van der Waals surface area contributed by atoms with Gasteiger partial charge in [-0.05, 0) is 90.0 Å². The molecule has 0 heterocycles. The average Bonchev–Trinajstić information content (AvgIpc) is 2.70. The Morgan fingerprint density at radius 3 is 1.43 bits per heavy atom. The summed E-state index contributed by atoms with van der Waals surface area (Å²) in [6, 6.07) is -4.10. The first kappa shape index (κ1) is 38.4. The second-order valence-corrected chi connectivity index (χ2v) is 13.7. The van der Waals surface area contributed by atoms with Gasteiger partial charge in [0.05, 0.1) is 13.0 Å². The number of alkyl carbamates (subject to hydrolysis) is 2. The van der Waals surface area contributed by atoms with E-state index in [0.717, 1.165) is 0 Å². The molecule has 0 aromatic rings. The predicted molar refractivity (Wildman–Crippen MR) is 153 cm³/mol. The zero-order chi connectivity index (χ0) is 33.3. The standard InChI is InChI=1S/C28H50N4O10/c1-16(30-24(38)42-28(11,12)13)20(34)32-18(15-29-23(37)41-27(8,9)10)21(35)31-17(22(36)40-26(5,6)7)14-19(33)39-25(2,3)4/h16-18H,14-15H2,1-13H3,(H,29,37)(H,30,38)(H,31,35)(H,32,34)/t16-,17-,18-/m0/s1. The summed E-state index contributed by atoms with van der Waals surface area (Å²) in [6.45, 7) is 20.6. The molecular formula is C28H50N4O10. The van der Waals surface area contributed by atoms with Crippen LogP contribution < -0.4 is 21.3 Å². The molecule has 14 heteroatoms. The molecule has 0 aliphatic rings. The van der Waals surface area contributed by atoms with Gasteiger partial charge in [-0.1, -0.05) is 0 Å². The van der Waals surface area contributed by atoms with Gasteiger partial charge in [0.1, 0.15) is 40.5 Å². The van der Waals surface area contributed by atoms with Crippen molar-refractivity contribution in [3.8, 4) is 0 Å². The summed E-state index contributed by atoms with van der Waals surface area (Å²) < 4.78 is 21.0. The smallest absolute Gasteiger partial charge is 0.408 e. The number of nitrogens with one attached hydrogen (secondary N) is 4. The van der Waals surface area contributed by atoms with Crippen molar-refractivity contribution in [1.29, 1.82) is 0 Å². The maximum atomic E-state index is 13.4. The summed E-state index contributed by atoms with van der Waals surface area (Å²) in [4.78, 5) is 76.1. The summed E-state index contributed by atoms with van der Waals surface area (Å²) >= 11 is 0. The molecule has 3 atom stereocenters. The molecule has 0 rings (SSSR count). The van der Waals surface area contributed by atoms with Gasteiger partial charge in [-0.3, -0.25) is 14.4 Å². The van der Waals surface area contributed by atoms with Crippen LogP contribution in [-0.2, 0) is 38.1 Å². The maximum Gasteiger partial charge on any atom is 0.408 e. The summed E-state index contributed by atoms with van der Waals surface area (Å²) in [5.41, 5.74) is -3.45. The highest BCUT2D eigenvalue weighted by atomic mass is 16.6. The fraction of sp³-hybridized carbons (Fsp3) is 0.786. The van der Waals surface area contributed by atoms with E-state index in [2.05, 4.69) is 21.3 Å². The Balaban J connectivity index is 5.96. The van der Waals surface area contributed by atoms with Crippen LogP contribution in [0.3, 0.4) is 0 Å². The molecule has 0 saturated heterocycles. The van der Waals surface area contributed by atoms with Crippen molar-refractivity contribution >= 4 is 35.9 Å². The lowest BCUT2D eigenvalue weighted by atomic mass is 10.1. The van der Waals surface area contributed by atoms with Gasteiger partial charge in [-0.25, -0.2) is 14.4 Å². The van der Waals surface area contributed by atoms with Crippen molar-refractivity contribution in [2.24, 2.45) is 0 Å². The van der Waals surface area contributed by atoms with Gasteiger partial charge in [0, 0.05) is 0 Å². The van der Waals surface area contributed by atoms with Crippen LogP contribution in [0.5, 0.6) is 0 Å². The third-order valence-corrected chi connectivity index (χ3v) is 4.41.